The molecule has 1 aromatic carbocycles. The van der Waals surface area contributed by atoms with Gasteiger partial charge in [-0.3, -0.25) is 4.79 Å². The van der Waals surface area contributed by atoms with E-state index in [0.29, 0.717) is 35.6 Å². The first-order valence-electron chi connectivity index (χ1n) is 7.10. The van der Waals surface area contributed by atoms with Crippen molar-refractivity contribution in [3.8, 4) is 11.6 Å². The van der Waals surface area contributed by atoms with Gasteiger partial charge in [-0.05, 0) is 30.3 Å². The highest BCUT2D eigenvalue weighted by molar-refractivity contribution is 6.30. The number of carbonyl (C=O) groups excluding carboxylic acids is 1. The Labute approximate surface area is 138 Å². The largest absolute Gasteiger partial charge is 0.439 e. The summed E-state index contributed by atoms with van der Waals surface area (Å²) in [5, 5.41) is 3.37. The molecule has 1 aliphatic rings. The SMILES string of the molecule is O=C(Nc1ccc(Oc2ccc(Cl)cc2)nc1)[C@H]1COCCO1. The number of hydrogen-bond acceptors (Lipinski definition) is 5. The van der Waals surface area contributed by atoms with Gasteiger partial charge in [-0.1, -0.05) is 11.6 Å². The molecule has 1 fully saturated rings. The number of ether oxygens (including phenoxy) is 3. The van der Waals surface area contributed by atoms with Gasteiger partial charge in [0.05, 0.1) is 31.7 Å². The minimum atomic E-state index is -0.589. The molecule has 1 amide bonds. The van der Waals surface area contributed by atoms with Crippen LogP contribution in [0.25, 0.3) is 0 Å². The van der Waals surface area contributed by atoms with Gasteiger partial charge in [0.15, 0.2) is 6.10 Å². The summed E-state index contributed by atoms with van der Waals surface area (Å²) in [5.41, 5.74) is 0.563. The molecular formula is C16H15ClN2O4. The molecular weight excluding hydrogens is 320 g/mol. The summed E-state index contributed by atoms with van der Waals surface area (Å²) in [7, 11) is 0. The van der Waals surface area contributed by atoms with Crippen LogP contribution in [-0.2, 0) is 14.3 Å². The lowest BCUT2D eigenvalue weighted by molar-refractivity contribution is -0.142. The molecule has 0 unspecified atom stereocenters. The number of halogens is 1. The Bertz CT molecular complexity index is 655. The number of nitrogens with zero attached hydrogens (tertiary/aromatic N) is 1. The molecule has 120 valence electrons. The molecule has 2 heterocycles. The van der Waals surface area contributed by atoms with Crippen LogP contribution >= 0.6 is 11.6 Å². The van der Waals surface area contributed by atoms with Gasteiger partial charge < -0.3 is 19.5 Å². The van der Waals surface area contributed by atoms with Crippen LogP contribution in [0.2, 0.25) is 5.02 Å². The van der Waals surface area contributed by atoms with Crippen molar-refractivity contribution in [1.82, 2.24) is 4.98 Å². The van der Waals surface area contributed by atoms with Crippen LogP contribution in [0.15, 0.2) is 42.6 Å². The van der Waals surface area contributed by atoms with E-state index in [1.165, 1.54) is 6.20 Å². The Kier molecular flexibility index (Phi) is 5.07. The van der Waals surface area contributed by atoms with Crippen molar-refractivity contribution < 1.29 is 19.0 Å². The lowest BCUT2D eigenvalue weighted by Crippen LogP contribution is -2.39. The maximum atomic E-state index is 12.0. The van der Waals surface area contributed by atoms with E-state index in [2.05, 4.69) is 10.3 Å². The molecule has 1 aliphatic heterocycles. The van der Waals surface area contributed by atoms with E-state index in [4.69, 9.17) is 25.8 Å². The topological polar surface area (TPSA) is 69.7 Å². The highest BCUT2D eigenvalue weighted by Gasteiger charge is 2.22. The molecule has 23 heavy (non-hydrogen) atoms. The second kappa shape index (κ2) is 7.41. The van der Waals surface area contributed by atoms with Crippen molar-refractivity contribution in [1.29, 1.82) is 0 Å². The third-order valence-electron chi connectivity index (χ3n) is 3.15. The minimum Gasteiger partial charge on any atom is -0.439 e. The summed E-state index contributed by atoms with van der Waals surface area (Å²) >= 11 is 5.82. The molecule has 0 spiro atoms. The molecule has 0 radical (unpaired) electrons. The summed E-state index contributed by atoms with van der Waals surface area (Å²) in [6.45, 7) is 1.20. The quantitative estimate of drug-likeness (QED) is 0.931. The van der Waals surface area contributed by atoms with Crippen molar-refractivity contribution >= 4 is 23.2 Å². The van der Waals surface area contributed by atoms with E-state index < -0.39 is 6.10 Å². The van der Waals surface area contributed by atoms with Crippen molar-refractivity contribution in [3.63, 3.8) is 0 Å². The Morgan fingerprint density at radius 2 is 2.04 bits per heavy atom. The van der Waals surface area contributed by atoms with Gasteiger partial charge in [0.25, 0.3) is 5.91 Å². The highest BCUT2D eigenvalue weighted by Crippen LogP contribution is 2.22. The van der Waals surface area contributed by atoms with Gasteiger partial charge in [0.1, 0.15) is 5.75 Å². The number of carbonyl (C=O) groups is 1. The smallest absolute Gasteiger partial charge is 0.255 e. The third kappa shape index (κ3) is 4.41. The van der Waals surface area contributed by atoms with Crippen molar-refractivity contribution in [3.05, 3.63) is 47.6 Å². The average molecular weight is 335 g/mol. The van der Waals surface area contributed by atoms with Crippen molar-refractivity contribution in [2.45, 2.75) is 6.10 Å². The van der Waals surface area contributed by atoms with E-state index in [1.807, 2.05) is 0 Å². The Balaban J connectivity index is 1.58. The van der Waals surface area contributed by atoms with Crippen LogP contribution in [0.4, 0.5) is 5.69 Å². The first-order valence-corrected chi connectivity index (χ1v) is 7.48. The van der Waals surface area contributed by atoms with Gasteiger partial charge in [0, 0.05) is 11.1 Å². The second-order valence-electron chi connectivity index (χ2n) is 4.86. The zero-order chi connectivity index (χ0) is 16.1. The summed E-state index contributed by atoms with van der Waals surface area (Å²) in [4.78, 5) is 16.1. The van der Waals surface area contributed by atoms with Crippen LogP contribution in [0, 0.1) is 0 Å². The normalized spacial score (nSPS) is 17.5. The van der Waals surface area contributed by atoms with Crippen molar-refractivity contribution in [2.75, 3.05) is 25.1 Å². The molecule has 6 nitrogen and oxygen atoms in total. The third-order valence-corrected chi connectivity index (χ3v) is 3.40. The maximum absolute atomic E-state index is 12.0. The molecule has 1 atom stereocenters. The fourth-order valence-corrected chi connectivity index (χ4v) is 2.13. The number of aromatic nitrogens is 1. The van der Waals surface area contributed by atoms with Crippen LogP contribution in [0.5, 0.6) is 11.6 Å². The summed E-state index contributed by atoms with van der Waals surface area (Å²) in [5.74, 6) is 0.798. The molecule has 1 N–H and O–H groups in total. The first kappa shape index (κ1) is 15.7. The van der Waals surface area contributed by atoms with Crippen LogP contribution in [-0.4, -0.2) is 36.8 Å². The Morgan fingerprint density at radius 1 is 1.22 bits per heavy atom. The van der Waals surface area contributed by atoms with E-state index in [1.54, 1.807) is 36.4 Å². The Hall–Kier alpha value is -2.15. The monoisotopic (exact) mass is 334 g/mol. The summed E-state index contributed by atoms with van der Waals surface area (Å²) in [6.07, 6.45) is 0.932. The molecule has 1 aromatic heterocycles. The minimum absolute atomic E-state index is 0.252. The molecule has 0 saturated carbocycles. The molecule has 3 rings (SSSR count). The van der Waals surface area contributed by atoms with E-state index in [-0.39, 0.29) is 12.5 Å². The van der Waals surface area contributed by atoms with Gasteiger partial charge >= 0.3 is 0 Å². The lowest BCUT2D eigenvalue weighted by Gasteiger charge is -2.21. The molecule has 0 bridgehead atoms. The standard InChI is InChI=1S/C16H15ClN2O4/c17-11-1-4-13(5-2-11)23-15-6-3-12(9-18-15)19-16(20)14-10-21-7-8-22-14/h1-6,9,14H,7-8,10H2,(H,19,20)/t14-/m1/s1. The predicted molar refractivity (Wildman–Crippen MR) is 85.0 cm³/mol. The second-order valence-corrected chi connectivity index (χ2v) is 5.30. The van der Waals surface area contributed by atoms with E-state index >= 15 is 0 Å². The molecule has 2 aromatic rings. The number of anilines is 1. The van der Waals surface area contributed by atoms with E-state index in [9.17, 15) is 4.79 Å². The molecule has 0 aliphatic carbocycles. The van der Waals surface area contributed by atoms with Gasteiger partial charge in [-0.25, -0.2) is 4.98 Å². The number of amides is 1. The van der Waals surface area contributed by atoms with Crippen LogP contribution in [0.3, 0.4) is 0 Å². The fraction of sp³-hybridized carbons (Fsp3) is 0.250. The molecule has 1 saturated heterocycles. The number of pyridine rings is 1. The first-order chi connectivity index (χ1) is 11.2. The van der Waals surface area contributed by atoms with Crippen LogP contribution < -0.4 is 10.1 Å². The zero-order valence-corrected chi connectivity index (χ0v) is 13.0. The van der Waals surface area contributed by atoms with E-state index in [0.717, 1.165) is 0 Å². The van der Waals surface area contributed by atoms with Gasteiger partial charge in [0.2, 0.25) is 5.88 Å². The predicted octanol–water partition coefficient (Wildman–Crippen LogP) is 2.88. The highest BCUT2D eigenvalue weighted by atomic mass is 35.5. The molecule has 7 heteroatoms. The Morgan fingerprint density at radius 3 is 2.70 bits per heavy atom. The van der Waals surface area contributed by atoms with Crippen LogP contribution in [0.1, 0.15) is 0 Å². The number of nitrogens with one attached hydrogen (secondary N) is 1. The van der Waals surface area contributed by atoms with Gasteiger partial charge in [-0.15, -0.1) is 0 Å². The summed E-state index contributed by atoms with van der Waals surface area (Å²) < 4.78 is 16.1. The van der Waals surface area contributed by atoms with Crippen molar-refractivity contribution in [2.24, 2.45) is 0 Å². The number of hydrogen-bond donors (Lipinski definition) is 1. The lowest BCUT2D eigenvalue weighted by atomic mass is 10.3. The number of benzene rings is 1. The average Bonchev–Trinajstić information content (AvgIpc) is 2.59. The van der Waals surface area contributed by atoms with Gasteiger partial charge in [-0.2, -0.15) is 0 Å². The maximum Gasteiger partial charge on any atom is 0.255 e. The zero-order valence-electron chi connectivity index (χ0n) is 12.2. The summed E-state index contributed by atoms with van der Waals surface area (Å²) in [6, 6.07) is 10.3. The number of rotatable bonds is 4. The fourth-order valence-electron chi connectivity index (χ4n) is 2.00.